The minimum Gasteiger partial charge on any atom is -0.371 e. The Labute approximate surface area is 115 Å². The molecule has 1 saturated heterocycles. The van der Waals surface area contributed by atoms with Crippen LogP contribution in [0.15, 0.2) is 18.2 Å². The molecule has 1 unspecified atom stereocenters. The second kappa shape index (κ2) is 6.44. The number of nitrogens with zero attached hydrogens (tertiary/aromatic N) is 1. The molecule has 1 aromatic rings. The van der Waals surface area contributed by atoms with Gasteiger partial charge in [-0.05, 0) is 43.9 Å². The summed E-state index contributed by atoms with van der Waals surface area (Å²) in [5, 5.41) is 0.856. The third-order valence-electron chi connectivity index (χ3n) is 3.55. The normalized spacial score (nSPS) is 18.5. The molecule has 2 rings (SSSR count). The van der Waals surface area contributed by atoms with E-state index in [1.54, 1.807) is 0 Å². The lowest BCUT2D eigenvalue weighted by atomic mass is 10.1. The van der Waals surface area contributed by atoms with Crippen LogP contribution in [0.3, 0.4) is 0 Å². The van der Waals surface area contributed by atoms with Gasteiger partial charge in [0.1, 0.15) is 0 Å². The Kier molecular flexibility index (Phi) is 4.90. The van der Waals surface area contributed by atoms with Crippen molar-refractivity contribution >= 4 is 17.3 Å². The molecule has 0 saturated carbocycles. The fourth-order valence-electron chi connectivity index (χ4n) is 2.57. The second-order valence-electron chi connectivity index (χ2n) is 5.36. The zero-order valence-electron chi connectivity index (χ0n) is 11.2. The highest BCUT2D eigenvalue weighted by atomic mass is 35.5. The van der Waals surface area contributed by atoms with E-state index in [9.17, 15) is 0 Å². The molecule has 1 aliphatic rings. The molecule has 0 aliphatic carbocycles. The van der Waals surface area contributed by atoms with Crippen LogP contribution in [0.2, 0.25) is 5.02 Å². The topological polar surface area (TPSA) is 29.3 Å². The van der Waals surface area contributed by atoms with Gasteiger partial charge in [0.2, 0.25) is 0 Å². The van der Waals surface area contributed by atoms with Crippen LogP contribution in [0.5, 0.6) is 0 Å². The van der Waals surface area contributed by atoms with Gasteiger partial charge in [0.15, 0.2) is 0 Å². The standard InChI is InChI=1S/C15H23ClN2/c1-12(17)10-13-6-7-14(11-15(13)16)18-8-4-2-3-5-9-18/h6-7,11-12H,2-5,8-10,17H2,1H3. The summed E-state index contributed by atoms with van der Waals surface area (Å²) in [5.74, 6) is 0. The fourth-order valence-corrected chi connectivity index (χ4v) is 2.83. The highest BCUT2D eigenvalue weighted by Gasteiger charge is 2.11. The summed E-state index contributed by atoms with van der Waals surface area (Å²) in [6.45, 7) is 4.32. The average Bonchev–Trinajstić information content (AvgIpc) is 2.60. The minimum atomic E-state index is 0.159. The molecule has 3 heteroatoms. The zero-order valence-corrected chi connectivity index (χ0v) is 11.9. The van der Waals surface area contributed by atoms with Gasteiger partial charge in [-0.1, -0.05) is 30.5 Å². The van der Waals surface area contributed by atoms with Gasteiger partial charge in [0.05, 0.1) is 0 Å². The van der Waals surface area contributed by atoms with Crippen LogP contribution >= 0.6 is 11.6 Å². The Balaban J connectivity index is 2.11. The molecule has 2 nitrogen and oxygen atoms in total. The number of hydrogen-bond acceptors (Lipinski definition) is 2. The number of hydrogen-bond donors (Lipinski definition) is 1. The van der Waals surface area contributed by atoms with E-state index in [0.29, 0.717) is 0 Å². The van der Waals surface area contributed by atoms with E-state index >= 15 is 0 Å². The molecule has 100 valence electrons. The molecule has 0 radical (unpaired) electrons. The molecule has 1 fully saturated rings. The van der Waals surface area contributed by atoms with Crippen LogP contribution in [-0.2, 0) is 6.42 Å². The summed E-state index contributed by atoms with van der Waals surface area (Å²) in [5.41, 5.74) is 8.24. The third kappa shape index (κ3) is 3.63. The van der Waals surface area contributed by atoms with Crippen LogP contribution in [0.4, 0.5) is 5.69 Å². The zero-order chi connectivity index (χ0) is 13.0. The first kappa shape index (κ1) is 13.7. The van der Waals surface area contributed by atoms with Gasteiger partial charge in [-0.25, -0.2) is 0 Å². The minimum absolute atomic E-state index is 0.159. The third-order valence-corrected chi connectivity index (χ3v) is 3.90. The Morgan fingerprint density at radius 2 is 1.89 bits per heavy atom. The predicted octanol–water partition coefficient (Wildman–Crippen LogP) is 3.61. The van der Waals surface area contributed by atoms with Crippen LogP contribution in [0.25, 0.3) is 0 Å². The molecule has 18 heavy (non-hydrogen) atoms. The summed E-state index contributed by atoms with van der Waals surface area (Å²) in [6.07, 6.45) is 6.14. The quantitative estimate of drug-likeness (QED) is 0.906. The number of nitrogens with two attached hydrogens (primary N) is 1. The van der Waals surface area contributed by atoms with Crippen molar-refractivity contribution in [2.75, 3.05) is 18.0 Å². The Morgan fingerprint density at radius 1 is 1.22 bits per heavy atom. The summed E-state index contributed by atoms with van der Waals surface area (Å²) >= 11 is 6.35. The molecule has 0 amide bonds. The summed E-state index contributed by atoms with van der Waals surface area (Å²) in [4.78, 5) is 2.45. The fraction of sp³-hybridized carbons (Fsp3) is 0.600. The van der Waals surface area contributed by atoms with Gasteiger partial charge in [-0.2, -0.15) is 0 Å². The molecule has 1 aromatic carbocycles. The lowest BCUT2D eigenvalue weighted by Gasteiger charge is -2.23. The first-order valence-electron chi connectivity index (χ1n) is 6.96. The number of halogens is 1. The maximum atomic E-state index is 6.35. The SMILES string of the molecule is CC(N)Cc1ccc(N2CCCCCC2)cc1Cl. The van der Waals surface area contributed by atoms with Crippen molar-refractivity contribution < 1.29 is 0 Å². The van der Waals surface area contributed by atoms with Crippen molar-refractivity contribution in [3.8, 4) is 0 Å². The van der Waals surface area contributed by atoms with Crippen molar-refractivity contribution in [3.05, 3.63) is 28.8 Å². The Hall–Kier alpha value is -0.730. The first-order valence-corrected chi connectivity index (χ1v) is 7.33. The maximum Gasteiger partial charge on any atom is 0.0459 e. The van der Waals surface area contributed by atoms with Gasteiger partial charge < -0.3 is 10.6 Å². The van der Waals surface area contributed by atoms with Gasteiger partial charge in [-0.3, -0.25) is 0 Å². The monoisotopic (exact) mass is 266 g/mol. The van der Waals surface area contributed by atoms with E-state index in [4.69, 9.17) is 17.3 Å². The molecule has 0 aromatic heterocycles. The van der Waals surface area contributed by atoms with Crippen molar-refractivity contribution in [2.24, 2.45) is 5.73 Å². The lowest BCUT2D eigenvalue weighted by molar-refractivity contribution is 0.726. The summed E-state index contributed by atoms with van der Waals surface area (Å²) < 4.78 is 0. The molecule has 1 atom stereocenters. The van der Waals surface area contributed by atoms with Gasteiger partial charge in [0, 0.05) is 29.8 Å². The molecule has 0 bridgehead atoms. The van der Waals surface area contributed by atoms with E-state index in [-0.39, 0.29) is 6.04 Å². The predicted molar refractivity (Wildman–Crippen MR) is 79.5 cm³/mol. The van der Waals surface area contributed by atoms with Crippen molar-refractivity contribution in [1.82, 2.24) is 0 Å². The molecule has 1 heterocycles. The van der Waals surface area contributed by atoms with Crippen molar-refractivity contribution in [3.63, 3.8) is 0 Å². The number of rotatable bonds is 3. The summed E-state index contributed by atoms with van der Waals surface area (Å²) in [6, 6.07) is 6.58. The average molecular weight is 267 g/mol. The summed E-state index contributed by atoms with van der Waals surface area (Å²) in [7, 11) is 0. The molecule has 0 spiro atoms. The Bertz CT molecular complexity index is 382. The van der Waals surface area contributed by atoms with Crippen molar-refractivity contribution in [2.45, 2.75) is 45.1 Å². The number of anilines is 1. The number of benzene rings is 1. The van der Waals surface area contributed by atoms with Crippen LogP contribution in [0, 0.1) is 0 Å². The van der Waals surface area contributed by atoms with Gasteiger partial charge in [0.25, 0.3) is 0 Å². The van der Waals surface area contributed by atoms with Crippen LogP contribution < -0.4 is 10.6 Å². The van der Waals surface area contributed by atoms with E-state index < -0.39 is 0 Å². The van der Waals surface area contributed by atoms with E-state index in [1.807, 2.05) is 6.92 Å². The van der Waals surface area contributed by atoms with E-state index in [0.717, 1.165) is 30.1 Å². The van der Waals surface area contributed by atoms with Gasteiger partial charge >= 0.3 is 0 Å². The highest BCUT2D eigenvalue weighted by molar-refractivity contribution is 6.31. The molecular formula is C15H23ClN2. The highest BCUT2D eigenvalue weighted by Crippen LogP contribution is 2.26. The molecule has 1 aliphatic heterocycles. The first-order chi connectivity index (χ1) is 8.66. The van der Waals surface area contributed by atoms with Crippen LogP contribution in [0.1, 0.15) is 38.2 Å². The largest absolute Gasteiger partial charge is 0.371 e. The smallest absolute Gasteiger partial charge is 0.0459 e. The Morgan fingerprint density at radius 3 is 2.44 bits per heavy atom. The molecular weight excluding hydrogens is 244 g/mol. The maximum absolute atomic E-state index is 6.35. The van der Waals surface area contributed by atoms with E-state index in [1.165, 1.54) is 31.4 Å². The lowest BCUT2D eigenvalue weighted by Crippen LogP contribution is -2.24. The molecule has 2 N–H and O–H groups in total. The van der Waals surface area contributed by atoms with E-state index in [2.05, 4.69) is 23.1 Å². The van der Waals surface area contributed by atoms with Crippen LogP contribution in [-0.4, -0.2) is 19.1 Å². The second-order valence-corrected chi connectivity index (χ2v) is 5.77. The van der Waals surface area contributed by atoms with Gasteiger partial charge in [-0.15, -0.1) is 0 Å². The van der Waals surface area contributed by atoms with Crippen molar-refractivity contribution in [1.29, 1.82) is 0 Å².